The fraction of sp³-hybridized carbons (Fsp3) is 0.190. The molecule has 27 heavy (non-hydrogen) atoms. The Labute approximate surface area is 162 Å². The Kier molecular flexibility index (Phi) is 5.42. The number of halogens is 1. The zero-order valence-electron chi connectivity index (χ0n) is 15.4. The summed E-state index contributed by atoms with van der Waals surface area (Å²) in [4.78, 5) is 24.9. The molecule has 0 spiro atoms. The van der Waals surface area contributed by atoms with Crippen LogP contribution < -0.4 is 10.9 Å². The second-order valence-electron chi connectivity index (χ2n) is 6.46. The molecular formula is C21H20ClN3O2. The number of carbonyl (C=O) groups is 1. The molecule has 6 heteroatoms. The maximum Gasteiger partial charge on any atom is 0.267 e. The third-order valence-electron chi connectivity index (χ3n) is 4.37. The average molecular weight is 382 g/mol. The summed E-state index contributed by atoms with van der Waals surface area (Å²) in [6, 6.07) is 15.3. The SMILES string of the molecule is Cc1ccc(C)c(-c2ccc(=O)n(C(C)C(=O)Nc3ccccc3Cl)n2)c1. The quantitative estimate of drug-likeness (QED) is 0.729. The summed E-state index contributed by atoms with van der Waals surface area (Å²) in [5.74, 6) is -0.365. The molecule has 0 aliphatic rings. The zero-order valence-corrected chi connectivity index (χ0v) is 16.1. The number of hydrogen-bond donors (Lipinski definition) is 1. The molecule has 0 fully saturated rings. The van der Waals surface area contributed by atoms with Crippen molar-refractivity contribution in [2.75, 3.05) is 5.32 Å². The lowest BCUT2D eigenvalue weighted by atomic mass is 10.0. The minimum atomic E-state index is -0.793. The van der Waals surface area contributed by atoms with E-state index in [0.29, 0.717) is 16.4 Å². The number of benzene rings is 2. The van der Waals surface area contributed by atoms with Crippen molar-refractivity contribution in [1.82, 2.24) is 9.78 Å². The van der Waals surface area contributed by atoms with Crippen molar-refractivity contribution in [2.45, 2.75) is 26.8 Å². The minimum Gasteiger partial charge on any atom is -0.323 e. The van der Waals surface area contributed by atoms with Crippen LogP contribution in [0.2, 0.25) is 5.02 Å². The van der Waals surface area contributed by atoms with E-state index in [4.69, 9.17) is 11.6 Å². The van der Waals surface area contributed by atoms with E-state index in [1.165, 1.54) is 10.7 Å². The van der Waals surface area contributed by atoms with Crippen LogP contribution in [0, 0.1) is 13.8 Å². The van der Waals surface area contributed by atoms with Crippen LogP contribution in [-0.2, 0) is 4.79 Å². The van der Waals surface area contributed by atoms with Crippen molar-refractivity contribution in [1.29, 1.82) is 0 Å². The van der Waals surface area contributed by atoms with Crippen LogP contribution in [0.5, 0.6) is 0 Å². The molecular weight excluding hydrogens is 362 g/mol. The maximum absolute atomic E-state index is 12.6. The Morgan fingerprint density at radius 3 is 2.59 bits per heavy atom. The molecule has 0 radical (unpaired) electrons. The molecule has 3 aromatic rings. The summed E-state index contributed by atoms with van der Waals surface area (Å²) in [5.41, 5.74) is 3.88. The highest BCUT2D eigenvalue weighted by Crippen LogP contribution is 2.23. The van der Waals surface area contributed by atoms with Gasteiger partial charge in [0, 0.05) is 11.6 Å². The average Bonchev–Trinajstić information content (AvgIpc) is 2.65. The summed E-state index contributed by atoms with van der Waals surface area (Å²) < 4.78 is 1.20. The van der Waals surface area contributed by atoms with Crippen molar-refractivity contribution < 1.29 is 4.79 Å². The van der Waals surface area contributed by atoms with Crippen LogP contribution in [-0.4, -0.2) is 15.7 Å². The lowest BCUT2D eigenvalue weighted by Gasteiger charge is -2.16. The molecule has 2 aromatic carbocycles. The van der Waals surface area contributed by atoms with Crippen LogP contribution in [0.25, 0.3) is 11.3 Å². The third kappa shape index (κ3) is 4.09. The summed E-state index contributed by atoms with van der Waals surface area (Å²) in [6.07, 6.45) is 0. The van der Waals surface area contributed by atoms with Gasteiger partial charge in [-0.05, 0) is 50.6 Å². The molecule has 0 bridgehead atoms. The van der Waals surface area contributed by atoms with Crippen LogP contribution in [0.3, 0.4) is 0 Å². The van der Waals surface area contributed by atoms with Gasteiger partial charge in [0.1, 0.15) is 6.04 Å². The first-order valence-corrected chi connectivity index (χ1v) is 8.97. The highest BCUT2D eigenvalue weighted by Gasteiger charge is 2.19. The smallest absolute Gasteiger partial charge is 0.267 e. The van der Waals surface area contributed by atoms with Crippen molar-refractivity contribution in [3.05, 3.63) is 81.1 Å². The highest BCUT2D eigenvalue weighted by molar-refractivity contribution is 6.33. The van der Waals surface area contributed by atoms with Gasteiger partial charge in [0.2, 0.25) is 5.91 Å². The van der Waals surface area contributed by atoms with Crippen molar-refractivity contribution in [2.24, 2.45) is 0 Å². The number of aryl methyl sites for hydroxylation is 2. The number of aromatic nitrogens is 2. The van der Waals surface area contributed by atoms with E-state index in [0.717, 1.165) is 16.7 Å². The second kappa shape index (κ2) is 7.76. The number of nitrogens with zero attached hydrogens (tertiary/aromatic N) is 2. The molecule has 1 atom stereocenters. The molecule has 1 N–H and O–H groups in total. The molecule has 3 rings (SSSR count). The van der Waals surface area contributed by atoms with Gasteiger partial charge in [0.25, 0.3) is 5.56 Å². The van der Waals surface area contributed by atoms with Crippen LogP contribution in [0.1, 0.15) is 24.1 Å². The molecule has 138 valence electrons. The Hall–Kier alpha value is -2.92. The molecule has 5 nitrogen and oxygen atoms in total. The number of hydrogen-bond acceptors (Lipinski definition) is 3. The van der Waals surface area contributed by atoms with Crippen molar-refractivity contribution in [3.8, 4) is 11.3 Å². The van der Waals surface area contributed by atoms with Gasteiger partial charge in [0.05, 0.1) is 16.4 Å². The zero-order chi connectivity index (χ0) is 19.6. The molecule has 0 aliphatic carbocycles. The number of para-hydroxylation sites is 1. The molecule has 0 saturated carbocycles. The van der Waals surface area contributed by atoms with Gasteiger partial charge in [-0.25, -0.2) is 4.68 Å². The Morgan fingerprint density at radius 2 is 1.85 bits per heavy atom. The van der Waals surface area contributed by atoms with Crippen LogP contribution in [0.15, 0.2) is 59.4 Å². The van der Waals surface area contributed by atoms with Gasteiger partial charge in [0.15, 0.2) is 0 Å². The topological polar surface area (TPSA) is 64.0 Å². The van der Waals surface area contributed by atoms with E-state index >= 15 is 0 Å². The van der Waals surface area contributed by atoms with Crippen LogP contribution in [0.4, 0.5) is 5.69 Å². The van der Waals surface area contributed by atoms with Gasteiger partial charge >= 0.3 is 0 Å². The first kappa shape index (κ1) is 18.9. The van der Waals surface area contributed by atoms with Crippen molar-refractivity contribution in [3.63, 3.8) is 0 Å². The summed E-state index contributed by atoms with van der Waals surface area (Å²) >= 11 is 6.09. The number of anilines is 1. The van der Waals surface area contributed by atoms with Gasteiger partial charge in [-0.1, -0.05) is 41.4 Å². The molecule has 1 aromatic heterocycles. The standard InChI is InChI=1S/C21H20ClN3O2/c1-13-8-9-14(2)16(12-13)18-10-11-20(26)25(24-18)15(3)21(27)23-19-7-5-4-6-17(19)22/h4-12,15H,1-3H3,(H,23,27). The van der Waals surface area contributed by atoms with E-state index in [1.807, 2.05) is 32.0 Å². The summed E-state index contributed by atoms with van der Waals surface area (Å²) in [6.45, 7) is 5.62. The van der Waals surface area contributed by atoms with Crippen molar-refractivity contribution >= 4 is 23.2 Å². The minimum absolute atomic E-state index is 0.342. The van der Waals surface area contributed by atoms with Gasteiger partial charge in [-0.2, -0.15) is 5.10 Å². The first-order valence-electron chi connectivity index (χ1n) is 8.59. The number of rotatable bonds is 4. The number of carbonyl (C=O) groups excluding carboxylic acids is 1. The third-order valence-corrected chi connectivity index (χ3v) is 4.70. The predicted octanol–water partition coefficient (Wildman–Crippen LogP) is 4.38. The highest BCUT2D eigenvalue weighted by atomic mass is 35.5. The first-order chi connectivity index (χ1) is 12.9. The molecule has 1 amide bonds. The van der Waals surface area contributed by atoms with E-state index in [1.54, 1.807) is 37.3 Å². The van der Waals surface area contributed by atoms with E-state index < -0.39 is 6.04 Å². The molecule has 1 unspecified atom stereocenters. The van der Waals surface area contributed by atoms with Gasteiger partial charge in [-0.15, -0.1) is 0 Å². The molecule has 1 heterocycles. The van der Waals surface area contributed by atoms with E-state index in [-0.39, 0.29) is 11.5 Å². The Bertz CT molecular complexity index is 1060. The molecule has 0 aliphatic heterocycles. The van der Waals surface area contributed by atoms with E-state index in [2.05, 4.69) is 10.4 Å². The predicted molar refractivity (Wildman–Crippen MR) is 108 cm³/mol. The van der Waals surface area contributed by atoms with E-state index in [9.17, 15) is 9.59 Å². The fourth-order valence-electron chi connectivity index (χ4n) is 2.77. The second-order valence-corrected chi connectivity index (χ2v) is 6.87. The summed E-state index contributed by atoms with van der Waals surface area (Å²) in [5, 5.41) is 7.62. The molecule has 0 saturated heterocycles. The normalized spacial score (nSPS) is 11.9. The maximum atomic E-state index is 12.6. The number of amides is 1. The summed E-state index contributed by atoms with van der Waals surface area (Å²) in [7, 11) is 0. The Morgan fingerprint density at radius 1 is 1.11 bits per heavy atom. The lowest BCUT2D eigenvalue weighted by molar-refractivity contribution is -0.119. The largest absolute Gasteiger partial charge is 0.323 e. The lowest BCUT2D eigenvalue weighted by Crippen LogP contribution is -2.33. The number of nitrogens with one attached hydrogen (secondary N) is 1. The Balaban J connectivity index is 1.94. The fourth-order valence-corrected chi connectivity index (χ4v) is 2.95. The van der Waals surface area contributed by atoms with Crippen LogP contribution >= 0.6 is 11.6 Å². The van der Waals surface area contributed by atoms with Gasteiger partial charge in [-0.3, -0.25) is 9.59 Å². The monoisotopic (exact) mass is 381 g/mol. The van der Waals surface area contributed by atoms with Gasteiger partial charge < -0.3 is 5.32 Å².